The van der Waals surface area contributed by atoms with Crippen LogP contribution in [0, 0.1) is 11.3 Å². The van der Waals surface area contributed by atoms with Gasteiger partial charge in [0.15, 0.2) is 0 Å². The van der Waals surface area contributed by atoms with Crippen molar-refractivity contribution in [3.8, 4) is 17.6 Å². The molecule has 1 amide bonds. The topological polar surface area (TPSA) is 99.9 Å². The van der Waals surface area contributed by atoms with Crippen molar-refractivity contribution in [2.75, 3.05) is 18.1 Å². The van der Waals surface area contributed by atoms with Gasteiger partial charge in [0.05, 0.1) is 36.5 Å². The molecule has 0 radical (unpaired) electrons. The fraction of sp³-hybridized carbons (Fsp3) is 0.233. The summed E-state index contributed by atoms with van der Waals surface area (Å²) in [5, 5.41) is 20.5. The predicted molar refractivity (Wildman–Crippen MR) is 140 cm³/mol. The van der Waals surface area contributed by atoms with Crippen LogP contribution in [0.2, 0.25) is 0 Å². The molecule has 0 spiro atoms. The van der Waals surface area contributed by atoms with Gasteiger partial charge in [-0.05, 0) is 79.1 Å². The number of nitriles is 1. The van der Waals surface area contributed by atoms with Crippen LogP contribution in [0.25, 0.3) is 5.76 Å². The zero-order valence-corrected chi connectivity index (χ0v) is 20.8. The predicted octanol–water partition coefficient (Wildman–Crippen LogP) is 5.76. The fourth-order valence-corrected chi connectivity index (χ4v) is 4.19. The first-order valence-corrected chi connectivity index (χ1v) is 12.3. The van der Waals surface area contributed by atoms with Crippen LogP contribution >= 0.6 is 0 Å². The number of hydrogen-bond acceptors (Lipinski definition) is 6. The van der Waals surface area contributed by atoms with Crippen LogP contribution < -0.4 is 14.4 Å². The van der Waals surface area contributed by atoms with Gasteiger partial charge in [0.25, 0.3) is 11.7 Å². The molecule has 1 N–H and O–H groups in total. The van der Waals surface area contributed by atoms with Gasteiger partial charge >= 0.3 is 0 Å². The van der Waals surface area contributed by atoms with Crippen LogP contribution in [-0.2, 0) is 9.59 Å². The Morgan fingerprint density at radius 2 is 1.57 bits per heavy atom. The second kappa shape index (κ2) is 11.4. The molecule has 7 heteroatoms. The molecule has 37 heavy (non-hydrogen) atoms. The highest BCUT2D eigenvalue weighted by atomic mass is 16.5. The average molecular weight is 497 g/mol. The summed E-state index contributed by atoms with van der Waals surface area (Å²) in [5.74, 6) is -0.588. The van der Waals surface area contributed by atoms with Crippen LogP contribution in [0.1, 0.15) is 49.4 Å². The zero-order chi connectivity index (χ0) is 26.4. The SMILES string of the molecule is CCCOc1ccc(/C(O)=C2/C(=O)C(=O)N(c3ccc(C#N)cc3)C2c2cccc(OCCC)c2)cc1. The van der Waals surface area contributed by atoms with Crippen molar-refractivity contribution in [1.82, 2.24) is 0 Å². The molecule has 3 aromatic carbocycles. The first kappa shape index (κ1) is 25.5. The van der Waals surface area contributed by atoms with Gasteiger partial charge in [0, 0.05) is 11.3 Å². The number of hydrogen-bond donors (Lipinski definition) is 1. The van der Waals surface area contributed by atoms with Gasteiger partial charge < -0.3 is 14.6 Å². The number of anilines is 1. The lowest BCUT2D eigenvalue weighted by atomic mass is 9.95. The highest BCUT2D eigenvalue weighted by molar-refractivity contribution is 6.51. The van der Waals surface area contributed by atoms with Gasteiger partial charge in [0.2, 0.25) is 0 Å². The standard InChI is InChI=1S/C30H28N2O5/c1-3-16-36-24-14-10-21(11-15-24)28(33)26-27(22-6-5-7-25(18-22)37-17-4-2)32(30(35)29(26)34)23-12-8-20(19-31)9-13-23/h5-15,18,27,33H,3-4,16-17H2,1-2H3/b28-26-. The molecule has 4 rings (SSSR count). The maximum absolute atomic E-state index is 13.4. The van der Waals surface area contributed by atoms with Crippen molar-refractivity contribution in [2.24, 2.45) is 0 Å². The summed E-state index contributed by atoms with van der Waals surface area (Å²) in [4.78, 5) is 28.0. The lowest BCUT2D eigenvalue weighted by Gasteiger charge is -2.26. The number of ether oxygens (including phenoxy) is 2. The molecule has 1 aliphatic heterocycles. The molecule has 1 saturated heterocycles. The second-order valence-corrected chi connectivity index (χ2v) is 8.62. The van der Waals surface area contributed by atoms with Crippen molar-refractivity contribution < 1.29 is 24.2 Å². The van der Waals surface area contributed by atoms with E-state index in [9.17, 15) is 20.0 Å². The molecule has 1 atom stereocenters. The van der Waals surface area contributed by atoms with Gasteiger partial charge in [-0.3, -0.25) is 14.5 Å². The molecule has 3 aromatic rings. The van der Waals surface area contributed by atoms with Crippen LogP contribution in [-0.4, -0.2) is 30.0 Å². The first-order chi connectivity index (χ1) is 18.0. The van der Waals surface area contributed by atoms with Gasteiger partial charge in [-0.1, -0.05) is 26.0 Å². The summed E-state index contributed by atoms with van der Waals surface area (Å²) in [6.07, 6.45) is 1.69. The van der Waals surface area contributed by atoms with Crippen LogP contribution in [0.4, 0.5) is 5.69 Å². The second-order valence-electron chi connectivity index (χ2n) is 8.62. The number of benzene rings is 3. The Hall–Kier alpha value is -4.57. The Morgan fingerprint density at radius 1 is 0.919 bits per heavy atom. The number of aliphatic hydroxyl groups is 1. The van der Waals surface area contributed by atoms with E-state index in [0.29, 0.717) is 47.1 Å². The number of Topliss-reactive ketones (excluding diaryl/α,β-unsaturated/α-hetero) is 1. The van der Waals surface area contributed by atoms with Gasteiger partial charge in [-0.2, -0.15) is 5.26 Å². The van der Waals surface area contributed by atoms with Gasteiger partial charge in [0.1, 0.15) is 17.3 Å². The number of rotatable bonds is 9. The molecule has 1 fully saturated rings. The maximum atomic E-state index is 13.4. The lowest BCUT2D eigenvalue weighted by Crippen LogP contribution is -2.29. The Bertz CT molecular complexity index is 1350. The minimum Gasteiger partial charge on any atom is -0.507 e. The monoisotopic (exact) mass is 496 g/mol. The molecule has 0 saturated carbocycles. The largest absolute Gasteiger partial charge is 0.507 e. The van der Waals surface area contributed by atoms with Crippen molar-refractivity contribution in [2.45, 2.75) is 32.7 Å². The molecule has 7 nitrogen and oxygen atoms in total. The van der Waals surface area contributed by atoms with Crippen molar-refractivity contribution >= 4 is 23.1 Å². The molecule has 0 aliphatic carbocycles. The van der Waals surface area contributed by atoms with E-state index in [1.54, 1.807) is 66.7 Å². The van der Waals surface area contributed by atoms with Crippen LogP contribution in [0.15, 0.2) is 78.4 Å². The molecule has 188 valence electrons. The van der Waals surface area contributed by atoms with E-state index in [2.05, 4.69) is 6.07 Å². The third-order valence-electron chi connectivity index (χ3n) is 5.97. The third-order valence-corrected chi connectivity index (χ3v) is 5.97. The number of ketones is 1. The summed E-state index contributed by atoms with van der Waals surface area (Å²) >= 11 is 0. The highest BCUT2D eigenvalue weighted by Gasteiger charge is 2.47. The minimum absolute atomic E-state index is 0.0239. The minimum atomic E-state index is -0.894. The maximum Gasteiger partial charge on any atom is 0.300 e. The molecule has 1 unspecified atom stereocenters. The quantitative estimate of drug-likeness (QED) is 0.230. The number of carbonyl (C=O) groups excluding carboxylic acids is 2. The summed E-state index contributed by atoms with van der Waals surface area (Å²) in [6, 6.07) is 21.5. The Labute approximate surface area is 216 Å². The van der Waals surface area contributed by atoms with Crippen LogP contribution in [0.3, 0.4) is 0 Å². The summed E-state index contributed by atoms with van der Waals surface area (Å²) in [7, 11) is 0. The molecule has 0 bridgehead atoms. The normalized spacial score (nSPS) is 16.5. The molecule has 0 aromatic heterocycles. The van der Waals surface area contributed by atoms with E-state index < -0.39 is 17.7 Å². The van der Waals surface area contributed by atoms with Crippen molar-refractivity contribution in [1.29, 1.82) is 5.26 Å². The van der Waals surface area contributed by atoms with Crippen molar-refractivity contribution in [3.63, 3.8) is 0 Å². The number of amides is 1. The van der Waals surface area contributed by atoms with E-state index in [1.807, 2.05) is 19.9 Å². The average Bonchev–Trinajstić information content (AvgIpc) is 3.20. The highest BCUT2D eigenvalue weighted by Crippen LogP contribution is 2.43. The Kier molecular flexibility index (Phi) is 7.89. The zero-order valence-electron chi connectivity index (χ0n) is 20.8. The molecule has 1 aliphatic rings. The Balaban J connectivity index is 1.84. The van der Waals surface area contributed by atoms with E-state index in [-0.39, 0.29) is 11.3 Å². The lowest BCUT2D eigenvalue weighted by molar-refractivity contribution is -0.132. The molecular formula is C30H28N2O5. The summed E-state index contributed by atoms with van der Waals surface area (Å²) in [6.45, 7) is 5.10. The summed E-state index contributed by atoms with van der Waals surface area (Å²) < 4.78 is 11.4. The molecular weight excluding hydrogens is 468 g/mol. The van der Waals surface area contributed by atoms with E-state index in [0.717, 1.165) is 12.8 Å². The van der Waals surface area contributed by atoms with Gasteiger partial charge in [-0.15, -0.1) is 0 Å². The summed E-state index contributed by atoms with van der Waals surface area (Å²) in [5.41, 5.74) is 1.85. The first-order valence-electron chi connectivity index (χ1n) is 12.3. The van der Waals surface area contributed by atoms with E-state index >= 15 is 0 Å². The Morgan fingerprint density at radius 3 is 2.19 bits per heavy atom. The van der Waals surface area contributed by atoms with Crippen molar-refractivity contribution in [3.05, 3.63) is 95.1 Å². The number of aliphatic hydroxyl groups excluding tert-OH is 1. The van der Waals surface area contributed by atoms with Gasteiger partial charge in [-0.25, -0.2) is 0 Å². The third kappa shape index (κ3) is 5.34. The molecule has 1 heterocycles. The van der Waals surface area contributed by atoms with E-state index in [1.165, 1.54) is 4.90 Å². The van der Waals surface area contributed by atoms with E-state index in [4.69, 9.17) is 9.47 Å². The number of carbonyl (C=O) groups is 2. The van der Waals surface area contributed by atoms with Crippen LogP contribution in [0.5, 0.6) is 11.5 Å². The number of nitrogens with zero attached hydrogens (tertiary/aromatic N) is 2. The fourth-order valence-electron chi connectivity index (χ4n) is 4.19. The smallest absolute Gasteiger partial charge is 0.300 e.